The number of aromatic nitrogens is 2. The molecule has 0 bridgehead atoms. The van der Waals surface area contributed by atoms with Crippen molar-refractivity contribution in [2.24, 2.45) is 5.73 Å². The largest absolute Gasteiger partial charge is 0.346 e. The molecule has 3 N–H and O–H groups in total. The van der Waals surface area contributed by atoms with Gasteiger partial charge in [0, 0.05) is 31.7 Å². The first kappa shape index (κ1) is 19.0. The number of hydrogen-bond acceptors (Lipinski definition) is 7. The fourth-order valence-electron chi connectivity index (χ4n) is 2.84. The van der Waals surface area contributed by atoms with Gasteiger partial charge in [-0.25, -0.2) is 0 Å². The summed E-state index contributed by atoms with van der Waals surface area (Å²) in [5.41, 5.74) is 7.31. The number of carbonyl (C=O) groups excluding carboxylic acids is 2. The summed E-state index contributed by atoms with van der Waals surface area (Å²) in [6.45, 7) is 5.05. The number of nitrogens with one attached hydrogen (secondary N) is 1. The first-order valence-electron chi connectivity index (χ1n) is 8.91. The van der Waals surface area contributed by atoms with Gasteiger partial charge in [0.1, 0.15) is 0 Å². The second-order valence-corrected chi connectivity index (χ2v) is 6.52. The van der Waals surface area contributed by atoms with Crippen molar-refractivity contribution in [3.05, 3.63) is 35.7 Å². The van der Waals surface area contributed by atoms with E-state index in [0.717, 1.165) is 5.56 Å². The summed E-state index contributed by atoms with van der Waals surface area (Å²) in [4.78, 5) is 31.6. The Labute approximate surface area is 157 Å². The van der Waals surface area contributed by atoms with Crippen LogP contribution in [0.25, 0.3) is 11.4 Å². The summed E-state index contributed by atoms with van der Waals surface area (Å²) in [6.07, 6.45) is 0. The Bertz CT molecular complexity index is 781. The minimum Gasteiger partial charge on any atom is -0.346 e. The molecule has 1 aromatic heterocycles. The van der Waals surface area contributed by atoms with Crippen LogP contribution in [0.4, 0.5) is 0 Å². The zero-order chi connectivity index (χ0) is 19.2. The lowest BCUT2D eigenvalue weighted by molar-refractivity contribution is -0.134. The first-order valence-corrected chi connectivity index (χ1v) is 8.91. The molecule has 1 saturated heterocycles. The molecule has 0 spiro atoms. The summed E-state index contributed by atoms with van der Waals surface area (Å²) in [7, 11) is 0. The molecule has 2 heterocycles. The summed E-state index contributed by atoms with van der Waals surface area (Å²) in [5.74, 6) is 0.702. The molecular formula is C18H24N6O3. The second-order valence-electron chi connectivity index (χ2n) is 6.52. The number of benzene rings is 1. The Morgan fingerprint density at radius 3 is 2.56 bits per heavy atom. The predicted octanol–water partition coefficient (Wildman–Crippen LogP) is -0.236. The molecule has 1 aliphatic heterocycles. The van der Waals surface area contributed by atoms with Crippen molar-refractivity contribution in [3.63, 3.8) is 0 Å². The van der Waals surface area contributed by atoms with E-state index in [1.165, 1.54) is 5.56 Å². The van der Waals surface area contributed by atoms with E-state index >= 15 is 0 Å². The van der Waals surface area contributed by atoms with Crippen molar-refractivity contribution < 1.29 is 14.1 Å². The third-order valence-electron chi connectivity index (χ3n) is 4.48. The molecular weight excluding hydrogens is 348 g/mol. The SMILES string of the molecule is Cc1ccc(-c2noc(CN3CCN(C(=O)CNC(=O)CN)CC3)n2)cc1. The van der Waals surface area contributed by atoms with Gasteiger partial charge in [-0.2, -0.15) is 4.98 Å². The monoisotopic (exact) mass is 372 g/mol. The maximum Gasteiger partial charge on any atom is 0.242 e. The van der Waals surface area contributed by atoms with E-state index in [1.54, 1.807) is 4.90 Å². The van der Waals surface area contributed by atoms with E-state index in [1.807, 2.05) is 31.2 Å². The number of hydrogen-bond donors (Lipinski definition) is 2. The van der Waals surface area contributed by atoms with Crippen LogP contribution >= 0.6 is 0 Å². The van der Waals surface area contributed by atoms with Crippen LogP contribution < -0.4 is 11.1 Å². The topological polar surface area (TPSA) is 118 Å². The van der Waals surface area contributed by atoms with E-state index in [4.69, 9.17) is 10.3 Å². The maximum atomic E-state index is 12.1. The average molecular weight is 372 g/mol. The Hall–Kier alpha value is -2.78. The van der Waals surface area contributed by atoms with Gasteiger partial charge in [-0.1, -0.05) is 35.0 Å². The van der Waals surface area contributed by atoms with Gasteiger partial charge in [0.2, 0.25) is 23.5 Å². The van der Waals surface area contributed by atoms with Crippen LogP contribution in [0, 0.1) is 6.92 Å². The van der Waals surface area contributed by atoms with Crippen LogP contribution in [-0.4, -0.2) is 71.0 Å². The van der Waals surface area contributed by atoms with Gasteiger partial charge in [0.05, 0.1) is 19.6 Å². The van der Waals surface area contributed by atoms with Crippen LogP contribution in [0.15, 0.2) is 28.8 Å². The van der Waals surface area contributed by atoms with Crippen molar-refractivity contribution >= 4 is 11.8 Å². The molecule has 0 atom stereocenters. The van der Waals surface area contributed by atoms with Crippen LogP contribution in [0.3, 0.4) is 0 Å². The molecule has 3 rings (SSSR count). The van der Waals surface area contributed by atoms with Crippen LogP contribution in [0.2, 0.25) is 0 Å². The van der Waals surface area contributed by atoms with Gasteiger partial charge in [-0.15, -0.1) is 0 Å². The predicted molar refractivity (Wildman–Crippen MR) is 98.4 cm³/mol. The first-order chi connectivity index (χ1) is 13.0. The van der Waals surface area contributed by atoms with E-state index in [-0.39, 0.29) is 24.9 Å². The third-order valence-corrected chi connectivity index (χ3v) is 4.48. The molecule has 2 amide bonds. The van der Waals surface area contributed by atoms with Gasteiger partial charge in [0.15, 0.2) is 0 Å². The van der Waals surface area contributed by atoms with Crippen LogP contribution in [0.5, 0.6) is 0 Å². The molecule has 9 nitrogen and oxygen atoms in total. The summed E-state index contributed by atoms with van der Waals surface area (Å²) in [6, 6.07) is 7.96. The number of aryl methyl sites for hydroxylation is 1. The highest BCUT2D eigenvalue weighted by Gasteiger charge is 2.22. The maximum absolute atomic E-state index is 12.1. The average Bonchev–Trinajstić information content (AvgIpc) is 3.15. The Kier molecular flexibility index (Phi) is 6.15. The number of amides is 2. The number of piperazine rings is 1. The van der Waals surface area contributed by atoms with Gasteiger partial charge in [-0.3, -0.25) is 14.5 Å². The number of nitrogens with two attached hydrogens (primary N) is 1. The highest BCUT2D eigenvalue weighted by atomic mass is 16.5. The lowest BCUT2D eigenvalue weighted by Gasteiger charge is -2.34. The molecule has 9 heteroatoms. The minimum atomic E-state index is -0.331. The molecule has 0 aliphatic carbocycles. The van der Waals surface area contributed by atoms with Gasteiger partial charge < -0.3 is 20.5 Å². The van der Waals surface area contributed by atoms with E-state index < -0.39 is 0 Å². The third kappa shape index (κ3) is 5.11. The lowest BCUT2D eigenvalue weighted by Crippen LogP contribution is -2.51. The number of nitrogens with zero attached hydrogens (tertiary/aromatic N) is 4. The second kappa shape index (κ2) is 8.74. The van der Waals surface area contributed by atoms with Crippen molar-refractivity contribution in [2.45, 2.75) is 13.5 Å². The van der Waals surface area contributed by atoms with Crippen molar-refractivity contribution in [2.75, 3.05) is 39.3 Å². The fraction of sp³-hybridized carbons (Fsp3) is 0.444. The van der Waals surface area contributed by atoms with Gasteiger partial charge in [-0.05, 0) is 6.92 Å². The lowest BCUT2D eigenvalue weighted by atomic mass is 10.1. The van der Waals surface area contributed by atoms with Gasteiger partial charge >= 0.3 is 0 Å². The minimum absolute atomic E-state index is 0.0143. The molecule has 27 heavy (non-hydrogen) atoms. The summed E-state index contributed by atoms with van der Waals surface area (Å²) in [5, 5.41) is 6.55. The molecule has 2 aromatic rings. The highest BCUT2D eigenvalue weighted by molar-refractivity contribution is 5.85. The molecule has 0 saturated carbocycles. The van der Waals surface area contributed by atoms with E-state index in [2.05, 4.69) is 20.4 Å². The zero-order valence-electron chi connectivity index (χ0n) is 15.4. The zero-order valence-corrected chi connectivity index (χ0v) is 15.4. The molecule has 1 aromatic carbocycles. The quantitative estimate of drug-likeness (QED) is 0.719. The van der Waals surface area contributed by atoms with Gasteiger partial charge in [0.25, 0.3) is 0 Å². The Morgan fingerprint density at radius 2 is 1.89 bits per heavy atom. The molecule has 1 aliphatic rings. The normalized spacial score (nSPS) is 15.0. The van der Waals surface area contributed by atoms with Crippen molar-refractivity contribution in [1.82, 2.24) is 25.3 Å². The molecule has 1 fully saturated rings. The molecule has 0 unspecified atom stereocenters. The smallest absolute Gasteiger partial charge is 0.242 e. The molecule has 0 radical (unpaired) electrons. The van der Waals surface area contributed by atoms with Crippen molar-refractivity contribution in [3.8, 4) is 11.4 Å². The Morgan fingerprint density at radius 1 is 1.19 bits per heavy atom. The van der Waals surface area contributed by atoms with Crippen LogP contribution in [0.1, 0.15) is 11.5 Å². The number of rotatable bonds is 6. The molecule has 144 valence electrons. The van der Waals surface area contributed by atoms with Crippen molar-refractivity contribution in [1.29, 1.82) is 0 Å². The summed E-state index contributed by atoms with van der Waals surface area (Å²) < 4.78 is 5.36. The standard InChI is InChI=1S/C18H24N6O3/c1-13-2-4-14(5-3-13)18-21-16(27-22-18)12-23-6-8-24(9-7-23)17(26)11-20-15(25)10-19/h2-5H,6-12,19H2,1H3,(H,20,25). The highest BCUT2D eigenvalue weighted by Crippen LogP contribution is 2.17. The van der Waals surface area contributed by atoms with E-state index in [9.17, 15) is 9.59 Å². The summed E-state index contributed by atoms with van der Waals surface area (Å²) >= 11 is 0. The Balaban J connectivity index is 1.47. The van der Waals surface area contributed by atoms with Crippen LogP contribution in [-0.2, 0) is 16.1 Å². The fourth-order valence-corrected chi connectivity index (χ4v) is 2.84. The van der Waals surface area contributed by atoms with E-state index in [0.29, 0.717) is 44.4 Å². The number of carbonyl (C=O) groups is 2.